The molecule has 1 aromatic heterocycles. The number of benzene rings is 1. The number of carbonyl (C=O) groups excluding carboxylic acids is 1. The Bertz CT molecular complexity index is 1180. The second-order valence-electron chi connectivity index (χ2n) is 13.0. The Morgan fingerprint density at radius 1 is 1.03 bits per heavy atom. The zero-order valence-electron chi connectivity index (χ0n) is 21.1. The van der Waals surface area contributed by atoms with Gasteiger partial charge >= 0.3 is 0 Å². The number of aromatic nitrogens is 3. The first-order valence-electron chi connectivity index (χ1n) is 13.5. The molecule has 190 valence electrons. The van der Waals surface area contributed by atoms with E-state index in [0.29, 0.717) is 29.1 Å². The summed E-state index contributed by atoms with van der Waals surface area (Å²) in [5.41, 5.74) is -0.0235. The Hall–Kier alpha value is -1.89. The number of carbonyl (C=O) groups is 1. The molecule has 4 aliphatic rings. The van der Waals surface area contributed by atoms with Crippen molar-refractivity contribution in [2.45, 2.75) is 90.7 Å². The summed E-state index contributed by atoms with van der Waals surface area (Å²) in [7, 11) is 0. The molecule has 0 bridgehead atoms. The summed E-state index contributed by atoms with van der Waals surface area (Å²) in [5, 5.41) is 18.6. The lowest BCUT2D eigenvalue weighted by molar-refractivity contribution is -0.151. The predicted octanol–water partition coefficient (Wildman–Crippen LogP) is 5.69. The summed E-state index contributed by atoms with van der Waals surface area (Å²) in [4.78, 5) is 13.6. The second kappa shape index (κ2) is 7.80. The lowest BCUT2D eigenvalue weighted by Gasteiger charge is -2.61. The molecule has 0 unspecified atom stereocenters. The van der Waals surface area contributed by atoms with Gasteiger partial charge in [-0.15, -0.1) is 5.10 Å². The molecule has 4 aliphatic carbocycles. The minimum atomic E-state index is -0.752. The van der Waals surface area contributed by atoms with Crippen LogP contribution in [0.2, 0.25) is 0 Å². The maximum absolute atomic E-state index is 14.1. The molecule has 0 radical (unpaired) electrons. The van der Waals surface area contributed by atoms with Gasteiger partial charge in [-0.05, 0) is 99.2 Å². The lowest BCUT2D eigenvalue weighted by Crippen LogP contribution is -2.55. The van der Waals surface area contributed by atoms with Crippen molar-refractivity contribution in [2.24, 2.45) is 40.4 Å². The van der Waals surface area contributed by atoms with Crippen molar-refractivity contribution in [3.8, 4) is 0 Å². The molecule has 35 heavy (non-hydrogen) atoms. The summed E-state index contributed by atoms with van der Waals surface area (Å²) in [5.74, 6) is 1.07. The van der Waals surface area contributed by atoms with Crippen LogP contribution in [0.25, 0.3) is 11.0 Å². The molecule has 1 N–H and O–H groups in total. The van der Waals surface area contributed by atoms with Gasteiger partial charge in [0.2, 0.25) is 0 Å². The third kappa shape index (κ3) is 3.51. The fraction of sp³-hybridized carbons (Fsp3) is 0.750. The van der Waals surface area contributed by atoms with E-state index in [2.05, 4.69) is 24.2 Å². The van der Waals surface area contributed by atoms with E-state index in [-0.39, 0.29) is 34.7 Å². The summed E-state index contributed by atoms with van der Waals surface area (Å²) < 4.78 is 29.3. The zero-order chi connectivity index (χ0) is 24.8. The predicted molar refractivity (Wildman–Crippen MR) is 128 cm³/mol. The molecule has 7 heteroatoms. The van der Waals surface area contributed by atoms with Gasteiger partial charge in [0.05, 0.1) is 11.1 Å². The maximum Gasteiger partial charge on any atom is 0.157 e. The molecule has 2 aromatic rings. The molecular weight excluding hydrogens is 448 g/mol. The van der Waals surface area contributed by atoms with Crippen LogP contribution in [0.3, 0.4) is 0 Å². The Kier molecular flexibility index (Phi) is 5.24. The van der Waals surface area contributed by atoms with Gasteiger partial charge in [-0.2, -0.15) is 0 Å². The van der Waals surface area contributed by atoms with E-state index in [1.165, 1.54) is 23.6 Å². The monoisotopic (exact) mass is 485 g/mol. The number of hydrogen-bond acceptors (Lipinski definition) is 4. The molecule has 0 spiro atoms. The normalized spacial score (nSPS) is 43.0. The molecule has 0 amide bonds. The summed E-state index contributed by atoms with van der Waals surface area (Å²) >= 11 is 0. The highest BCUT2D eigenvalue weighted by atomic mass is 19.1. The van der Waals surface area contributed by atoms with Crippen molar-refractivity contribution in [1.82, 2.24) is 15.0 Å². The van der Waals surface area contributed by atoms with Crippen LogP contribution in [-0.4, -0.2) is 31.5 Å². The van der Waals surface area contributed by atoms with E-state index in [9.17, 15) is 18.7 Å². The van der Waals surface area contributed by atoms with Crippen LogP contribution in [0.4, 0.5) is 8.78 Å². The van der Waals surface area contributed by atoms with E-state index >= 15 is 0 Å². The lowest BCUT2D eigenvalue weighted by atomic mass is 9.44. The van der Waals surface area contributed by atoms with Crippen LogP contribution >= 0.6 is 0 Å². The molecule has 1 aromatic carbocycles. The van der Waals surface area contributed by atoms with Crippen molar-refractivity contribution in [1.29, 1.82) is 0 Å². The number of fused-ring (bicyclic) bond motifs is 6. The van der Waals surface area contributed by atoms with Crippen LogP contribution in [-0.2, 0) is 11.3 Å². The first-order valence-corrected chi connectivity index (χ1v) is 13.5. The van der Waals surface area contributed by atoms with Gasteiger partial charge in [0.25, 0.3) is 0 Å². The minimum Gasteiger partial charge on any atom is -0.390 e. The largest absolute Gasteiger partial charge is 0.390 e. The van der Waals surface area contributed by atoms with Crippen LogP contribution < -0.4 is 0 Å². The topological polar surface area (TPSA) is 68.0 Å². The van der Waals surface area contributed by atoms with Crippen molar-refractivity contribution in [2.75, 3.05) is 0 Å². The van der Waals surface area contributed by atoms with Crippen molar-refractivity contribution in [3.05, 3.63) is 23.8 Å². The van der Waals surface area contributed by atoms with Crippen LogP contribution in [0.5, 0.6) is 0 Å². The SMILES string of the molecule is C[C@@]1(O)CC[C@@]2(C)[C@@H](CC[C@@H]3[C@@H]2CC[C@]2(C)[C@@H](C(=O)Cn4nnc5c(F)cc(F)cc54)CC[C@@H]32)C1. The average molecular weight is 486 g/mol. The molecule has 0 saturated heterocycles. The van der Waals surface area contributed by atoms with Gasteiger partial charge in [-0.3, -0.25) is 4.79 Å². The summed E-state index contributed by atoms with van der Waals surface area (Å²) in [6, 6.07) is 2.00. The number of nitrogens with zero attached hydrogens (tertiary/aromatic N) is 3. The van der Waals surface area contributed by atoms with Crippen molar-refractivity contribution >= 4 is 16.8 Å². The van der Waals surface area contributed by atoms with Crippen LogP contribution in [0.1, 0.15) is 78.6 Å². The molecule has 0 aliphatic heterocycles. The Morgan fingerprint density at radius 3 is 2.60 bits per heavy atom. The highest BCUT2D eigenvalue weighted by molar-refractivity contribution is 5.84. The van der Waals surface area contributed by atoms with Gasteiger partial charge in [-0.25, -0.2) is 13.5 Å². The fourth-order valence-corrected chi connectivity index (χ4v) is 9.33. The minimum absolute atomic E-state index is 0.00619. The number of ketones is 1. The van der Waals surface area contributed by atoms with Crippen molar-refractivity contribution < 1.29 is 18.7 Å². The molecule has 5 nitrogen and oxygen atoms in total. The van der Waals surface area contributed by atoms with E-state index in [1.54, 1.807) is 0 Å². The highest BCUT2D eigenvalue weighted by Crippen LogP contribution is 2.68. The maximum atomic E-state index is 14.1. The molecule has 8 atom stereocenters. The standard InChI is InChI=1S/C28H37F2N3O2/c1-26(35)10-11-27(2)16(14-26)4-5-18-19-6-7-21(28(19,3)9-8-20(18)27)24(34)15-33-23-13-17(29)12-22(30)25(23)31-32-33/h12-13,16,18-21,35H,4-11,14-15H2,1-3H3/t16-,18-,19-,20-,21+,26+,27-,28-/m0/s1. The van der Waals surface area contributed by atoms with Gasteiger partial charge in [-0.1, -0.05) is 19.1 Å². The number of Topliss-reactive ketones (excluding diaryl/α,β-unsaturated/α-hetero) is 1. The average Bonchev–Trinajstić information content (AvgIpc) is 3.35. The number of aliphatic hydroxyl groups is 1. The van der Waals surface area contributed by atoms with Crippen LogP contribution in [0.15, 0.2) is 12.1 Å². The van der Waals surface area contributed by atoms with Gasteiger partial charge in [0, 0.05) is 18.1 Å². The quantitative estimate of drug-likeness (QED) is 0.607. The first kappa shape index (κ1) is 23.5. The molecule has 6 rings (SSSR count). The highest BCUT2D eigenvalue weighted by Gasteiger charge is 2.61. The Morgan fingerprint density at radius 2 is 1.80 bits per heavy atom. The number of halogens is 2. The third-order valence-corrected chi connectivity index (χ3v) is 11.2. The Labute approximate surface area is 205 Å². The summed E-state index contributed by atoms with van der Waals surface area (Å²) in [6.45, 7) is 6.82. The van der Waals surface area contributed by atoms with Crippen molar-refractivity contribution in [3.63, 3.8) is 0 Å². The molecule has 4 saturated carbocycles. The zero-order valence-corrected chi connectivity index (χ0v) is 21.1. The van der Waals surface area contributed by atoms with Gasteiger partial charge < -0.3 is 5.11 Å². The molecule has 4 fully saturated rings. The van der Waals surface area contributed by atoms with E-state index in [1.807, 2.05) is 6.92 Å². The van der Waals surface area contributed by atoms with E-state index in [0.717, 1.165) is 51.0 Å². The fourth-order valence-electron chi connectivity index (χ4n) is 9.33. The number of rotatable bonds is 3. The third-order valence-electron chi connectivity index (χ3n) is 11.2. The van der Waals surface area contributed by atoms with Gasteiger partial charge in [0.15, 0.2) is 11.6 Å². The first-order chi connectivity index (χ1) is 16.5. The Balaban J connectivity index is 1.22. The van der Waals surface area contributed by atoms with E-state index in [4.69, 9.17) is 0 Å². The van der Waals surface area contributed by atoms with E-state index < -0.39 is 17.2 Å². The number of hydrogen-bond donors (Lipinski definition) is 1. The van der Waals surface area contributed by atoms with Gasteiger partial charge in [0.1, 0.15) is 17.9 Å². The summed E-state index contributed by atoms with van der Waals surface area (Å²) in [6.07, 6.45) is 9.46. The molecular formula is C28H37F2N3O2. The smallest absolute Gasteiger partial charge is 0.157 e. The van der Waals surface area contributed by atoms with Crippen LogP contribution in [0, 0.1) is 52.1 Å². The molecule has 1 heterocycles. The second-order valence-corrected chi connectivity index (χ2v) is 13.0.